The number of urea groups is 1. The van der Waals surface area contributed by atoms with Crippen LogP contribution in [0.5, 0.6) is 5.75 Å². The second-order valence-corrected chi connectivity index (χ2v) is 4.50. The summed E-state index contributed by atoms with van der Waals surface area (Å²) in [4.78, 5) is 33.4. The lowest BCUT2D eigenvalue weighted by Gasteiger charge is -2.17. The lowest BCUT2D eigenvalue weighted by atomic mass is 10.2. The number of amides is 4. The molecule has 22 heavy (non-hydrogen) atoms. The first-order valence-electron chi connectivity index (χ1n) is 6.34. The van der Waals surface area contributed by atoms with Crippen LogP contribution in [0.25, 0.3) is 0 Å². The first-order valence-corrected chi connectivity index (χ1v) is 6.34. The number of rotatable bonds is 7. The van der Waals surface area contributed by atoms with Crippen molar-refractivity contribution in [2.24, 2.45) is 11.5 Å². The van der Waals surface area contributed by atoms with Gasteiger partial charge in [0.1, 0.15) is 6.61 Å². The highest BCUT2D eigenvalue weighted by Crippen LogP contribution is 2.15. The number of ether oxygens (including phenoxy) is 1. The Kier molecular flexibility index (Phi) is 6.11. The van der Waals surface area contributed by atoms with Crippen LogP contribution in [-0.4, -0.2) is 36.5 Å². The molecule has 0 aliphatic carbocycles. The van der Waals surface area contributed by atoms with Crippen molar-refractivity contribution in [3.63, 3.8) is 0 Å². The smallest absolute Gasteiger partial charge is 0.316 e. The molecule has 9 heteroatoms. The van der Waals surface area contributed by atoms with Gasteiger partial charge in [-0.15, -0.1) is 0 Å². The van der Waals surface area contributed by atoms with E-state index in [0.717, 1.165) is 0 Å². The summed E-state index contributed by atoms with van der Waals surface area (Å²) in [6, 6.07) is 2.84. The number of para-hydroxylation sites is 1. The molecule has 1 rings (SSSR count). The third-order valence-electron chi connectivity index (χ3n) is 2.55. The molecule has 6 N–H and O–H groups in total. The number of carbonyl (C=O) groups is 3. The molecule has 1 atom stereocenters. The van der Waals surface area contributed by atoms with Gasteiger partial charge in [-0.25, -0.2) is 9.18 Å². The number of hydrogen-bond donors (Lipinski definition) is 4. The average molecular weight is 312 g/mol. The number of benzene rings is 1. The summed E-state index contributed by atoms with van der Waals surface area (Å²) in [5.41, 5.74) is 9.84. The molecule has 8 nitrogen and oxygen atoms in total. The van der Waals surface area contributed by atoms with Gasteiger partial charge in [0.05, 0.1) is 6.04 Å². The van der Waals surface area contributed by atoms with Gasteiger partial charge in [-0.05, 0) is 19.1 Å². The number of hydrogen-bond acceptors (Lipinski definition) is 4. The van der Waals surface area contributed by atoms with Crippen molar-refractivity contribution in [3.05, 3.63) is 30.1 Å². The summed E-state index contributed by atoms with van der Waals surface area (Å²) in [5, 5.41) is 4.42. The molecule has 0 aliphatic heterocycles. The second kappa shape index (κ2) is 7.81. The normalized spacial score (nSPS) is 11.6. The highest BCUT2D eigenvalue weighted by molar-refractivity contribution is 6.05. The molecule has 0 radical (unpaired) electrons. The third-order valence-corrected chi connectivity index (χ3v) is 2.55. The van der Waals surface area contributed by atoms with E-state index in [1.54, 1.807) is 13.0 Å². The van der Waals surface area contributed by atoms with Crippen LogP contribution in [0.4, 0.5) is 9.18 Å². The molecule has 0 heterocycles. The fourth-order valence-electron chi connectivity index (χ4n) is 1.50. The SMILES string of the molecule is C[C@@H](COc1ccccc1F)NC(=O)NC(C(N)=O)C(N)=O. The van der Waals surface area contributed by atoms with E-state index >= 15 is 0 Å². The van der Waals surface area contributed by atoms with Gasteiger partial charge in [0.25, 0.3) is 0 Å². The van der Waals surface area contributed by atoms with Gasteiger partial charge in [-0.3, -0.25) is 9.59 Å². The number of nitrogens with two attached hydrogens (primary N) is 2. The Bertz CT molecular complexity index is 553. The van der Waals surface area contributed by atoms with Gasteiger partial charge in [0, 0.05) is 0 Å². The summed E-state index contributed by atoms with van der Waals surface area (Å²) in [6.07, 6.45) is 0. The van der Waals surface area contributed by atoms with Gasteiger partial charge < -0.3 is 26.8 Å². The molecule has 0 saturated heterocycles. The van der Waals surface area contributed by atoms with Crippen LogP contribution in [0.15, 0.2) is 24.3 Å². The standard InChI is InChI=1S/C13H17FN4O4/c1-7(6-22-9-5-3-2-4-8(9)14)17-13(21)18-10(11(15)19)12(16)20/h2-5,7,10H,6H2,1H3,(H2,15,19)(H2,16,20)(H2,17,18,21)/t7-/m0/s1. The summed E-state index contributed by atoms with van der Waals surface area (Å²) >= 11 is 0. The molecule has 1 aromatic rings. The van der Waals surface area contributed by atoms with Crippen molar-refractivity contribution in [1.29, 1.82) is 0 Å². The Balaban J connectivity index is 2.46. The van der Waals surface area contributed by atoms with Crippen molar-refractivity contribution in [1.82, 2.24) is 10.6 Å². The van der Waals surface area contributed by atoms with Gasteiger partial charge in [-0.2, -0.15) is 0 Å². The predicted molar refractivity (Wildman–Crippen MR) is 75.2 cm³/mol. The molecule has 0 aliphatic rings. The Morgan fingerprint density at radius 3 is 2.32 bits per heavy atom. The molecule has 1 aromatic carbocycles. The molecular formula is C13H17FN4O4. The Morgan fingerprint density at radius 2 is 1.77 bits per heavy atom. The average Bonchev–Trinajstić information content (AvgIpc) is 2.43. The molecule has 0 aromatic heterocycles. The molecule has 0 unspecified atom stereocenters. The van der Waals surface area contributed by atoms with Crippen LogP contribution in [0.3, 0.4) is 0 Å². The van der Waals surface area contributed by atoms with E-state index < -0.39 is 35.7 Å². The highest BCUT2D eigenvalue weighted by Gasteiger charge is 2.24. The summed E-state index contributed by atoms with van der Waals surface area (Å²) in [5.74, 6) is -2.62. The lowest BCUT2D eigenvalue weighted by Crippen LogP contribution is -2.56. The number of carbonyl (C=O) groups excluding carboxylic acids is 3. The zero-order valence-corrected chi connectivity index (χ0v) is 11.8. The van der Waals surface area contributed by atoms with Crippen LogP contribution in [-0.2, 0) is 9.59 Å². The van der Waals surface area contributed by atoms with E-state index in [-0.39, 0.29) is 12.4 Å². The monoisotopic (exact) mass is 312 g/mol. The van der Waals surface area contributed by atoms with Crippen molar-refractivity contribution in [2.75, 3.05) is 6.61 Å². The van der Waals surface area contributed by atoms with Gasteiger partial charge in [0.2, 0.25) is 11.8 Å². The van der Waals surface area contributed by atoms with Crippen LogP contribution >= 0.6 is 0 Å². The summed E-state index contributed by atoms with van der Waals surface area (Å²) < 4.78 is 18.5. The van der Waals surface area contributed by atoms with Crippen molar-refractivity contribution >= 4 is 17.8 Å². The van der Waals surface area contributed by atoms with Crippen molar-refractivity contribution in [3.8, 4) is 5.75 Å². The van der Waals surface area contributed by atoms with Crippen LogP contribution in [0.2, 0.25) is 0 Å². The first kappa shape index (κ1) is 17.2. The predicted octanol–water partition coefficient (Wildman–Crippen LogP) is -0.769. The van der Waals surface area contributed by atoms with Crippen LogP contribution < -0.4 is 26.8 Å². The molecule has 4 amide bonds. The van der Waals surface area contributed by atoms with Gasteiger partial charge in [-0.1, -0.05) is 12.1 Å². The van der Waals surface area contributed by atoms with E-state index in [4.69, 9.17) is 16.2 Å². The largest absolute Gasteiger partial charge is 0.488 e. The Labute approximate surface area is 126 Å². The van der Waals surface area contributed by atoms with E-state index in [1.165, 1.54) is 18.2 Å². The maximum atomic E-state index is 13.3. The summed E-state index contributed by atoms with van der Waals surface area (Å²) in [6.45, 7) is 1.57. The van der Waals surface area contributed by atoms with Crippen LogP contribution in [0.1, 0.15) is 6.92 Å². The van der Waals surface area contributed by atoms with E-state index in [0.29, 0.717) is 0 Å². The maximum Gasteiger partial charge on any atom is 0.316 e. The highest BCUT2D eigenvalue weighted by atomic mass is 19.1. The zero-order chi connectivity index (χ0) is 16.7. The van der Waals surface area contributed by atoms with E-state index in [9.17, 15) is 18.8 Å². The Morgan fingerprint density at radius 1 is 1.18 bits per heavy atom. The topological polar surface area (TPSA) is 137 Å². The first-order chi connectivity index (χ1) is 10.3. The van der Waals surface area contributed by atoms with Gasteiger partial charge >= 0.3 is 6.03 Å². The van der Waals surface area contributed by atoms with Crippen molar-refractivity contribution < 1.29 is 23.5 Å². The molecule has 0 fully saturated rings. The maximum absolute atomic E-state index is 13.3. The fourth-order valence-corrected chi connectivity index (χ4v) is 1.50. The van der Waals surface area contributed by atoms with Crippen LogP contribution in [0, 0.1) is 5.82 Å². The Hall–Kier alpha value is -2.84. The second-order valence-electron chi connectivity index (χ2n) is 4.50. The molecule has 0 saturated carbocycles. The van der Waals surface area contributed by atoms with E-state index in [2.05, 4.69) is 5.32 Å². The number of nitrogens with one attached hydrogen (secondary N) is 2. The minimum atomic E-state index is -1.61. The van der Waals surface area contributed by atoms with E-state index in [1.807, 2.05) is 5.32 Å². The molecular weight excluding hydrogens is 295 g/mol. The zero-order valence-electron chi connectivity index (χ0n) is 11.8. The number of primary amides is 2. The quantitative estimate of drug-likeness (QED) is 0.491. The molecule has 0 bridgehead atoms. The fraction of sp³-hybridized carbons (Fsp3) is 0.308. The summed E-state index contributed by atoms with van der Waals surface area (Å²) in [7, 11) is 0. The minimum Gasteiger partial charge on any atom is -0.488 e. The third kappa shape index (κ3) is 5.27. The number of halogens is 1. The van der Waals surface area contributed by atoms with Gasteiger partial charge in [0.15, 0.2) is 17.6 Å². The minimum absolute atomic E-state index is 0.0217. The molecule has 0 spiro atoms. The van der Waals surface area contributed by atoms with Crippen molar-refractivity contribution in [2.45, 2.75) is 19.0 Å². The lowest BCUT2D eigenvalue weighted by molar-refractivity contribution is -0.128. The molecule has 120 valence electrons.